The van der Waals surface area contributed by atoms with Gasteiger partial charge in [-0.25, -0.2) is 4.99 Å². The number of nitrogens with one attached hydrogen (secondary N) is 1. The predicted octanol–water partition coefficient (Wildman–Crippen LogP) is 3.93. The molecule has 8 heteroatoms. The van der Waals surface area contributed by atoms with Crippen LogP contribution in [0.4, 0.5) is 0 Å². The molecule has 0 atom stereocenters. The van der Waals surface area contributed by atoms with Gasteiger partial charge in [0.15, 0.2) is 5.29 Å². The third-order valence-corrected chi connectivity index (χ3v) is 6.47. The van der Waals surface area contributed by atoms with Crippen LogP contribution in [0.25, 0.3) is 0 Å². The molecule has 0 unspecified atom stereocenters. The number of hydrogen-bond acceptors (Lipinski definition) is 5. The molecule has 1 aliphatic heterocycles. The standard InChI is InChI=1S/C21H24Cl2N4O2/c1-20(2)17(26-16(28)13-10-25-19(23)27(5)11-13)21(3,4)18(20)29-14-7-6-12(9-24)15(22)8-14/h6-8,10,17-18H,11H2,1-5H3,(H,26,28). The second kappa shape index (κ2) is 7.55. The summed E-state index contributed by atoms with van der Waals surface area (Å²) >= 11 is 12.1. The number of hydrogen-bond donors (Lipinski definition) is 1. The Morgan fingerprint density at radius 3 is 2.52 bits per heavy atom. The highest BCUT2D eigenvalue weighted by molar-refractivity contribution is 6.64. The fourth-order valence-corrected chi connectivity index (χ4v) is 4.86. The first-order chi connectivity index (χ1) is 13.5. The van der Waals surface area contributed by atoms with E-state index in [0.29, 0.717) is 33.7 Å². The summed E-state index contributed by atoms with van der Waals surface area (Å²) in [5.74, 6) is 0.446. The van der Waals surface area contributed by atoms with E-state index in [1.165, 1.54) is 6.20 Å². The SMILES string of the molecule is CN1CC(C(=O)NC2C(C)(C)C(Oc3ccc(C#N)c(Cl)c3)C2(C)C)=CN=C1Cl. The largest absolute Gasteiger partial charge is 0.489 e. The summed E-state index contributed by atoms with van der Waals surface area (Å²) in [6, 6.07) is 6.98. The lowest BCUT2D eigenvalue weighted by Crippen LogP contribution is -2.74. The average Bonchev–Trinajstić information content (AvgIpc) is 2.65. The van der Waals surface area contributed by atoms with Gasteiger partial charge in [0.25, 0.3) is 5.91 Å². The zero-order chi connectivity index (χ0) is 21.6. The Morgan fingerprint density at radius 1 is 1.31 bits per heavy atom. The molecule has 29 heavy (non-hydrogen) atoms. The lowest BCUT2D eigenvalue weighted by Gasteiger charge is -2.63. The van der Waals surface area contributed by atoms with Crippen LogP contribution in [0.1, 0.15) is 33.3 Å². The number of halogens is 2. The van der Waals surface area contributed by atoms with Crippen LogP contribution in [0, 0.1) is 22.2 Å². The van der Waals surface area contributed by atoms with E-state index in [9.17, 15) is 4.79 Å². The lowest BCUT2D eigenvalue weighted by molar-refractivity contribution is -0.172. The summed E-state index contributed by atoms with van der Waals surface area (Å²) in [6.07, 6.45) is 1.36. The lowest BCUT2D eigenvalue weighted by atomic mass is 9.49. The second-order valence-corrected chi connectivity index (χ2v) is 9.45. The monoisotopic (exact) mass is 434 g/mol. The van der Waals surface area contributed by atoms with Gasteiger partial charge in [0.1, 0.15) is 17.9 Å². The summed E-state index contributed by atoms with van der Waals surface area (Å²) in [4.78, 5) is 18.6. The molecule has 0 radical (unpaired) electrons. The minimum absolute atomic E-state index is 0.103. The van der Waals surface area contributed by atoms with Crippen LogP contribution in [0.5, 0.6) is 5.75 Å². The number of carbonyl (C=O) groups is 1. The van der Waals surface area contributed by atoms with Gasteiger partial charge in [0, 0.05) is 36.2 Å². The van der Waals surface area contributed by atoms with Crippen LogP contribution in [-0.2, 0) is 4.79 Å². The Kier molecular flexibility index (Phi) is 5.59. The van der Waals surface area contributed by atoms with Crippen molar-refractivity contribution in [2.45, 2.75) is 39.8 Å². The van der Waals surface area contributed by atoms with Gasteiger partial charge in [-0.3, -0.25) is 4.79 Å². The number of carbonyl (C=O) groups excluding carboxylic acids is 1. The maximum atomic E-state index is 12.8. The molecule has 1 aliphatic carbocycles. The van der Waals surface area contributed by atoms with Crippen LogP contribution >= 0.6 is 23.2 Å². The molecule has 0 aromatic heterocycles. The van der Waals surface area contributed by atoms with E-state index in [-0.39, 0.29) is 28.9 Å². The van der Waals surface area contributed by atoms with E-state index in [1.54, 1.807) is 30.1 Å². The molecule has 3 rings (SSSR count). The number of amides is 1. The summed E-state index contributed by atoms with van der Waals surface area (Å²) in [7, 11) is 1.79. The van der Waals surface area contributed by atoms with Gasteiger partial charge in [-0.15, -0.1) is 0 Å². The molecule has 1 aromatic rings. The highest BCUT2D eigenvalue weighted by Crippen LogP contribution is 2.55. The minimum atomic E-state index is -0.318. The van der Waals surface area contributed by atoms with Gasteiger partial charge in [0.05, 0.1) is 22.7 Å². The summed E-state index contributed by atoms with van der Waals surface area (Å²) in [5, 5.41) is 12.9. The summed E-state index contributed by atoms with van der Waals surface area (Å²) in [6.45, 7) is 8.67. The topological polar surface area (TPSA) is 77.7 Å². The Bertz CT molecular complexity index is 930. The number of nitrogens with zero attached hydrogens (tertiary/aromatic N) is 3. The van der Waals surface area contributed by atoms with E-state index >= 15 is 0 Å². The van der Waals surface area contributed by atoms with Gasteiger partial charge in [-0.05, 0) is 23.7 Å². The van der Waals surface area contributed by atoms with E-state index in [0.717, 1.165) is 0 Å². The zero-order valence-electron chi connectivity index (χ0n) is 17.1. The van der Waals surface area contributed by atoms with Crippen molar-refractivity contribution >= 4 is 34.4 Å². The van der Waals surface area contributed by atoms with Crippen molar-refractivity contribution in [1.29, 1.82) is 5.26 Å². The van der Waals surface area contributed by atoms with Crippen LogP contribution < -0.4 is 10.1 Å². The molecule has 0 saturated heterocycles. The Hall–Kier alpha value is -2.23. The van der Waals surface area contributed by atoms with E-state index in [4.69, 9.17) is 33.2 Å². The van der Waals surface area contributed by atoms with Crippen molar-refractivity contribution in [2.75, 3.05) is 13.6 Å². The number of rotatable bonds is 4. The van der Waals surface area contributed by atoms with Crippen molar-refractivity contribution in [2.24, 2.45) is 15.8 Å². The van der Waals surface area contributed by atoms with Crippen molar-refractivity contribution in [3.8, 4) is 11.8 Å². The van der Waals surface area contributed by atoms with E-state index < -0.39 is 0 Å². The highest BCUT2D eigenvalue weighted by atomic mass is 35.5. The number of ether oxygens (including phenoxy) is 1. The van der Waals surface area contributed by atoms with Crippen molar-refractivity contribution in [3.63, 3.8) is 0 Å². The van der Waals surface area contributed by atoms with Crippen LogP contribution in [0.3, 0.4) is 0 Å². The molecule has 2 aliphatic rings. The number of likely N-dealkylation sites (N-methyl/N-ethyl adjacent to an activating group) is 1. The quantitative estimate of drug-likeness (QED) is 0.727. The Morgan fingerprint density at radius 2 is 1.97 bits per heavy atom. The maximum Gasteiger partial charge on any atom is 0.250 e. The number of benzene rings is 1. The molecule has 1 N–H and O–H groups in total. The molecule has 1 amide bonds. The molecule has 1 aromatic carbocycles. The highest BCUT2D eigenvalue weighted by Gasteiger charge is 2.64. The van der Waals surface area contributed by atoms with E-state index in [2.05, 4.69) is 38.0 Å². The molecule has 1 heterocycles. The van der Waals surface area contributed by atoms with Gasteiger partial charge in [-0.2, -0.15) is 5.26 Å². The molecule has 0 spiro atoms. The summed E-state index contributed by atoms with van der Waals surface area (Å²) < 4.78 is 6.24. The molecular weight excluding hydrogens is 411 g/mol. The van der Waals surface area contributed by atoms with Gasteiger partial charge < -0.3 is 15.0 Å². The Labute approximate surface area is 181 Å². The first-order valence-corrected chi connectivity index (χ1v) is 10.0. The number of aliphatic imine (C=N–C) groups is 1. The average molecular weight is 435 g/mol. The third kappa shape index (κ3) is 3.82. The third-order valence-electron chi connectivity index (χ3n) is 5.77. The van der Waals surface area contributed by atoms with Crippen molar-refractivity contribution in [3.05, 3.63) is 40.6 Å². The fourth-order valence-electron chi connectivity index (χ4n) is 4.54. The van der Waals surface area contributed by atoms with Crippen LogP contribution in [0.2, 0.25) is 5.02 Å². The second-order valence-electron chi connectivity index (χ2n) is 8.71. The minimum Gasteiger partial charge on any atom is -0.489 e. The fraction of sp³-hybridized carbons (Fsp3) is 0.476. The zero-order valence-corrected chi connectivity index (χ0v) is 18.6. The van der Waals surface area contributed by atoms with Crippen molar-refractivity contribution < 1.29 is 9.53 Å². The van der Waals surface area contributed by atoms with Gasteiger partial charge in [0.2, 0.25) is 0 Å². The maximum absolute atomic E-state index is 12.8. The Balaban J connectivity index is 1.74. The molecular formula is C21H24Cl2N4O2. The molecule has 154 valence electrons. The number of amidine groups is 1. The molecule has 6 nitrogen and oxygen atoms in total. The van der Waals surface area contributed by atoms with Gasteiger partial charge in [-0.1, -0.05) is 39.3 Å². The van der Waals surface area contributed by atoms with Crippen LogP contribution in [-0.4, -0.2) is 41.8 Å². The van der Waals surface area contributed by atoms with Gasteiger partial charge >= 0.3 is 0 Å². The van der Waals surface area contributed by atoms with E-state index in [1.807, 2.05) is 6.07 Å². The van der Waals surface area contributed by atoms with Crippen LogP contribution in [0.15, 0.2) is 35.0 Å². The van der Waals surface area contributed by atoms with Crippen molar-refractivity contribution in [1.82, 2.24) is 10.2 Å². The number of nitriles is 1. The summed E-state index contributed by atoms with van der Waals surface area (Å²) in [5.41, 5.74) is 0.333. The predicted molar refractivity (Wildman–Crippen MR) is 114 cm³/mol. The molecule has 0 bridgehead atoms. The molecule has 1 fully saturated rings. The normalized spacial score (nSPS) is 24.6. The molecule has 1 saturated carbocycles. The smallest absolute Gasteiger partial charge is 0.250 e. The first-order valence-electron chi connectivity index (χ1n) is 9.29. The first kappa shape index (κ1) is 21.5.